The number of cyclic esters (lactones) is 1. The van der Waals surface area contributed by atoms with E-state index in [1.165, 1.54) is 12.1 Å². The van der Waals surface area contributed by atoms with E-state index in [0.717, 1.165) is 15.6 Å². The Hall–Kier alpha value is -4.85. The number of fused-ring (bicyclic) bond motifs is 1. The lowest BCUT2D eigenvalue weighted by atomic mass is 10.1. The van der Waals surface area contributed by atoms with E-state index in [2.05, 4.69) is 16.1 Å². The fourth-order valence-corrected chi connectivity index (χ4v) is 5.03. The van der Waals surface area contributed by atoms with Crippen molar-refractivity contribution in [3.63, 3.8) is 0 Å². The molecule has 0 spiro atoms. The number of anilines is 1. The maximum absolute atomic E-state index is 13.7. The summed E-state index contributed by atoms with van der Waals surface area (Å²) < 4.78 is 16.2. The number of nitrogens with zero attached hydrogens (tertiary/aromatic N) is 3. The Balaban J connectivity index is 1.26. The zero-order valence-electron chi connectivity index (χ0n) is 23.0. The third kappa shape index (κ3) is 6.54. The number of amides is 6. The van der Waals surface area contributed by atoms with E-state index >= 15 is 0 Å². The number of benzene rings is 2. The topological polar surface area (TPSA) is 159 Å². The van der Waals surface area contributed by atoms with Crippen LogP contribution in [0.2, 0.25) is 0 Å². The van der Waals surface area contributed by atoms with E-state index in [9.17, 15) is 24.0 Å². The number of hydrogen-bond acceptors (Lipinski definition) is 8. The molecule has 0 saturated carbocycles. The van der Waals surface area contributed by atoms with Gasteiger partial charge in [0.2, 0.25) is 18.1 Å². The average molecular weight is 581 g/mol. The lowest BCUT2D eigenvalue weighted by molar-refractivity contribution is -0.169. The van der Waals surface area contributed by atoms with Crippen LogP contribution >= 0.6 is 0 Å². The van der Waals surface area contributed by atoms with Gasteiger partial charge in [-0.1, -0.05) is 36.4 Å². The second-order valence-electron chi connectivity index (χ2n) is 9.98. The molecule has 0 bridgehead atoms. The highest BCUT2D eigenvalue weighted by Crippen LogP contribution is 2.25. The predicted molar refractivity (Wildman–Crippen MR) is 146 cm³/mol. The van der Waals surface area contributed by atoms with Crippen molar-refractivity contribution in [3.05, 3.63) is 60.2 Å². The molecule has 3 heterocycles. The largest absolute Gasteiger partial charge is 0.497 e. The maximum atomic E-state index is 13.7. The molecule has 2 aromatic rings. The Labute approximate surface area is 241 Å². The lowest BCUT2D eigenvalue weighted by Gasteiger charge is -2.43. The van der Waals surface area contributed by atoms with Crippen molar-refractivity contribution in [2.24, 2.45) is 0 Å². The molecule has 3 fully saturated rings. The van der Waals surface area contributed by atoms with Gasteiger partial charge in [-0.15, -0.1) is 0 Å². The van der Waals surface area contributed by atoms with Crippen molar-refractivity contribution in [1.82, 2.24) is 25.8 Å². The summed E-state index contributed by atoms with van der Waals surface area (Å²) in [5, 5.41) is 8.74. The highest BCUT2D eigenvalue weighted by Gasteiger charge is 2.46. The normalized spacial score (nSPS) is 22.2. The van der Waals surface area contributed by atoms with E-state index < -0.39 is 42.3 Å². The molecule has 14 heteroatoms. The molecule has 3 N–H and O–H groups in total. The second-order valence-corrected chi connectivity index (χ2v) is 9.98. The third-order valence-electron chi connectivity index (χ3n) is 7.08. The van der Waals surface area contributed by atoms with E-state index in [-0.39, 0.29) is 44.9 Å². The van der Waals surface area contributed by atoms with Gasteiger partial charge in [0.15, 0.2) is 0 Å². The molecule has 2 aromatic carbocycles. The standard InChI is InChI=1S/C28H32N6O8/c1-40-20-10-5-9-19(15-20)29-27(38)31-32-14-12-23(35)33-13-6-11-22(34(33)28(32)39)25(37)30-21-16-24(36)42-26(21)41-17-18-7-3-2-4-8-18/h2-5,7-10,15,21-22,26H,6,11-14,16-17H2,1H3,(H,30,37)(H2,29,31,38). The van der Waals surface area contributed by atoms with Gasteiger partial charge in [-0.25, -0.2) is 30.0 Å². The zero-order valence-corrected chi connectivity index (χ0v) is 23.0. The first-order chi connectivity index (χ1) is 20.3. The minimum atomic E-state index is -1.07. The SMILES string of the molecule is COc1cccc(NC(=O)NN2CCC(=O)N3CCCC(C(=O)NC4CC(=O)OC4OCc4ccccc4)N3C2=O)c1. The van der Waals surface area contributed by atoms with Gasteiger partial charge in [-0.2, -0.15) is 0 Å². The number of carbonyl (C=O) groups is 5. The highest BCUT2D eigenvalue weighted by atomic mass is 16.7. The Morgan fingerprint density at radius 3 is 2.64 bits per heavy atom. The van der Waals surface area contributed by atoms with Crippen LogP contribution in [-0.2, 0) is 30.5 Å². The Morgan fingerprint density at radius 1 is 1.05 bits per heavy atom. The third-order valence-corrected chi connectivity index (χ3v) is 7.08. The van der Waals surface area contributed by atoms with Crippen LogP contribution in [0.15, 0.2) is 54.6 Å². The summed E-state index contributed by atoms with van der Waals surface area (Å²) in [6, 6.07) is 12.7. The van der Waals surface area contributed by atoms with Crippen molar-refractivity contribution >= 4 is 35.5 Å². The molecule has 0 aromatic heterocycles. The first-order valence-electron chi connectivity index (χ1n) is 13.6. The summed E-state index contributed by atoms with van der Waals surface area (Å²) in [7, 11) is 1.50. The number of methoxy groups -OCH3 is 1. The number of hydrogen-bond donors (Lipinski definition) is 3. The molecule has 6 amide bonds. The number of rotatable bonds is 8. The number of esters is 1. The van der Waals surface area contributed by atoms with Crippen LogP contribution in [0.5, 0.6) is 5.75 Å². The maximum Gasteiger partial charge on any atom is 0.358 e. The molecule has 3 unspecified atom stereocenters. The van der Waals surface area contributed by atoms with Gasteiger partial charge in [0, 0.05) is 24.7 Å². The van der Waals surface area contributed by atoms with Gasteiger partial charge in [-0.3, -0.25) is 14.4 Å². The Morgan fingerprint density at radius 2 is 1.86 bits per heavy atom. The van der Waals surface area contributed by atoms with Crippen LogP contribution in [0.4, 0.5) is 15.3 Å². The number of nitrogens with one attached hydrogen (secondary N) is 3. The smallest absolute Gasteiger partial charge is 0.358 e. The van der Waals surface area contributed by atoms with Crippen molar-refractivity contribution < 1.29 is 38.2 Å². The molecule has 3 atom stereocenters. The van der Waals surface area contributed by atoms with Crippen molar-refractivity contribution in [2.75, 3.05) is 25.5 Å². The van der Waals surface area contributed by atoms with Crippen LogP contribution in [-0.4, -0.2) is 83.4 Å². The van der Waals surface area contributed by atoms with Gasteiger partial charge in [0.25, 0.3) is 0 Å². The summed E-state index contributed by atoms with van der Waals surface area (Å²) >= 11 is 0. The van der Waals surface area contributed by atoms with E-state index in [4.69, 9.17) is 14.2 Å². The fraction of sp³-hybridized carbons (Fsp3) is 0.393. The molecular formula is C28H32N6O8. The molecule has 5 rings (SSSR count). The molecule has 222 valence electrons. The molecule has 3 aliphatic rings. The summed E-state index contributed by atoms with van der Waals surface area (Å²) in [6.45, 7) is 0.316. The Kier molecular flexibility index (Phi) is 8.71. The molecular weight excluding hydrogens is 548 g/mol. The van der Waals surface area contributed by atoms with Crippen molar-refractivity contribution in [1.29, 1.82) is 0 Å². The average Bonchev–Trinajstić information content (AvgIpc) is 3.30. The van der Waals surface area contributed by atoms with Crippen molar-refractivity contribution in [2.45, 2.75) is 50.7 Å². The minimum absolute atomic E-state index is 0.0591. The van der Waals surface area contributed by atoms with Crippen molar-refractivity contribution in [3.8, 4) is 5.75 Å². The first-order valence-corrected chi connectivity index (χ1v) is 13.6. The van der Waals surface area contributed by atoms with Crippen LogP contribution in [0.1, 0.15) is 31.2 Å². The van der Waals surface area contributed by atoms with Gasteiger partial charge >= 0.3 is 18.0 Å². The van der Waals surface area contributed by atoms with Gasteiger partial charge in [-0.05, 0) is 30.5 Å². The van der Waals surface area contributed by atoms with Gasteiger partial charge in [0.05, 0.1) is 26.7 Å². The first kappa shape index (κ1) is 28.7. The van der Waals surface area contributed by atoms with Gasteiger partial charge < -0.3 is 24.8 Å². The Bertz CT molecular complexity index is 1340. The number of carbonyl (C=O) groups excluding carboxylic acids is 5. The number of urea groups is 2. The molecule has 0 radical (unpaired) electrons. The fourth-order valence-electron chi connectivity index (χ4n) is 5.03. The van der Waals surface area contributed by atoms with Gasteiger partial charge in [0.1, 0.15) is 17.8 Å². The van der Waals surface area contributed by atoms with E-state index in [1.807, 2.05) is 30.3 Å². The van der Waals surface area contributed by atoms with E-state index in [0.29, 0.717) is 17.9 Å². The molecule has 3 saturated heterocycles. The highest BCUT2D eigenvalue weighted by molar-refractivity contribution is 5.94. The van der Waals surface area contributed by atoms with Crippen LogP contribution < -0.4 is 20.8 Å². The quantitative estimate of drug-likeness (QED) is 0.398. The monoisotopic (exact) mass is 580 g/mol. The molecule has 14 nitrogen and oxygen atoms in total. The van der Waals surface area contributed by atoms with Crippen LogP contribution in [0, 0.1) is 0 Å². The molecule has 0 aliphatic carbocycles. The number of ether oxygens (including phenoxy) is 3. The summed E-state index contributed by atoms with van der Waals surface area (Å²) in [5.74, 6) is -0.923. The minimum Gasteiger partial charge on any atom is -0.497 e. The molecule has 42 heavy (non-hydrogen) atoms. The van der Waals surface area contributed by atoms with Crippen LogP contribution in [0.3, 0.4) is 0 Å². The number of hydrazine groups is 2. The zero-order chi connectivity index (χ0) is 29.6. The second kappa shape index (κ2) is 12.8. The summed E-state index contributed by atoms with van der Waals surface area (Å²) in [5.41, 5.74) is 3.78. The predicted octanol–water partition coefficient (Wildman–Crippen LogP) is 1.74. The van der Waals surface area contributed by atoms with E-state index in [1.54, 1.807) is 24.3 Å². The summed E-state index contributed by atoms with van der Waals surface area (Å²) in [6.07, 6.45) is -0.433. The summed E-state index contributed by atoms with van der Waals surface area (Å²) in [4.78, 5) is 65.0. The lowest BCUT2D eigenvalue weighted by Crippen LogP contribution is -2.65. The molecule has 3 aliphatic heterocycles. The van der Waals surface area contributed by atoms with Crippen LogP contribution in [0.25, 0.3) is 0 Å².